The third kappa shape index (κ3) is 6.61. The molecule has 0 radical (unpaired) electrons. The van der Waals surface area contributed by atoms with Gasteiger partial charge >= 0.3 is 18.7 Å². The number of nitrogens with two attached hydrogens (primary N) is 1. The van der Waals surface area contributed by atoms with E-state index in [4.69, 9.17) is 24.5 Å². The lowest BCUT2D eigenvalue weighted by molar-refractivity contribution is -0.149. The maximum absolute atomic E-state index is 13.9. The molecule has 1 unspecified atom stereocenters. The first kappa shape index (κ1) is 31.9. The van der Waals surface area contributed by atoms with Gasteiger partial charge in [-0.2, -0.15) is 9.97 Å². The Balaban J connectivity index is 1.53. The summed E-state index contributed by atoms with van der Waals surface area (Å²) in [5.41, 5.74) is 4.26. The second kappa shape index (κ2) is 12.3. The number of nitrogens with one attached hydrogen (secondary N) is 3. The van der Waals surface area contributed by atoms with Crippen molar-refractivity contribution in [2.24, 2.45) is 0 Å². The van der Waals surface area contributed by atoms with E-state index in [0.717, 1.165) is 0 Å². The molecule has 4 rings (SSSR count). The van der Waals surface area contributed by atoms with Gasteiger partial charge in [-0.05, 0) is 27.7 Å². The van der Waals surface area contributed by atoms with Crippen molar-refractivity contribution in [3.05, 3.63) is 6.33 Å². The third-order valence-electron chi connectivity index (χ3n) is 6.34. The summed E-state index contributed by atoms with van der Waals surface area (Å²) in [5, 5.41) is 29.3. The molecular weight excluding hydrogens is 599 g/mol. The van der Waals surface area contributed by atoms with E-state index in [1.54, 1.807) is 13.8 Å². The average Bonchev–Trinajstić information content (AvgIpc) is 3.53. The molecule has 0 saturated carbocycles. The highest BCUT2D eigenvalue weighted by molar-refractivity contribution is 8.56. The molecule has 2 aromatic rings. The number of aliphatic hydroxyl groups is 2. The lowest BCUT2D eigenvalue weighted by atomic mass is 9.96. The van der Waals surface area contributed by atoms with Crippen LogP contribution in [0.15, 0.2) is 6.33 Å². The normalized spacial score (nSPS) is 28.0. The van der Waals surface area contributed by atoms with Gasteiger partial charge in [-0.15, -0.1) is 0 Å². The predicted octanol–water partition coefficient (Wildman–Crippen LogP) is -0.578. The first-order chi connectivity index (χ1) is 19.6. The zero-order valence-corrected chi connectivity index (χ0v) is 25.0. The van der Waals surface area contributed by atoms with Gasteiger partial charge in [0.1, 0.15) is 29.9 Å². The lowest BCUT2D eigenvalue weighted by Gasteiger charge is -2.27. The highest BCUT2D eigenvalue weighted by Gasteiger charge is 2.54. The summed E-state index contributed by atoms with van der Waals surface area (Å²) in [4.78, 5) is 48.2. The van der Waals surface area contributed by atoms with E-state index >= 15 is 0 Å². The van der Waals surface area contributed by atoms with E-state index in [9.17, 15) is 29.2 Å². The lowest BCUT2D eigenvalue weighted by Crippen LogP contribution is -2.44. The standard InChI is InChI=1S/C22H33N8O10PS/c1-9(2)39-18(33)10(3)29-41(36,42-7-11-16(32)27-21(34)25-11)38-6-12-14(31)22(4,35)19(40-12)30-8-24-13-15(30)26-20(23)28-17(13)37-5/h8-12,14,19,31,35H,6-7H2,1-5H3,(H,29,36)(H2,23,26,28)(H2,25,27,32,34)/t10-,11-,12+,14+,19+,22+,41?/m0/s1. The van der Waals surface area contributed by atoms with Crippen molar-refractivity contribution in [1.82, 2.24) is 35.2 Å². The fraction of sp³-hybridized carbons (Fsp3) is 0.636. The molecule has 3 amide bonds. The van der Waals surface area contributed by atoms with Crippen LogP contribution < -0.4 is 26.2 Å². The summed E-state index contributed by atoms with van der Waals surface area (Å²) >= 11 is 0.661. The summed E-state index contributed by atoms with van der Waals surface area (Å²) in [6, 6.07) is -2.80. The van der Waals surface area contributed by atoms with E-state index in [1.165, 1.54) is 31.9 Å². The maximum atomic E-state index is 13.9. The smallest absolute Gasteiger partial charge is 0.327 e. The molecule has 2 aromatic heterocycles. The Hall–Kier alpha value is -3.06. The molecule has 7 atom stereocenters. The minimum atomic E-state index is -4.04. The largest absolute Gasteiger partial charge is 0.479 e. The molecule has 0 aromatic carbocycles. The number of fused-ring (bicyclic) bond motifs is 1. The number of carbonyl (C=O) groups excluding carboxylic acids is 3. The van der Waals surface area contributed by atoms with Crippen LogP contribution in [-0.2, 0) is 28.2 Å². The molecule has 4 heterocycles. The fourth-order valence-corrected chi connectivity index (χ4v) is 8.12. The topological polar surface area (TPSA) is 251 Å². The van der Waals surface area contributed by atoms with Gasteiger partial charge in [-0.1, -0.05) is 11.4 Å². The zero-order valence-electron chi connectivity index (χ0n) is 23.3. The van der Waals surface area contributed by atoms with Crippen LogP contribution in [-0.4, -0.2) is 103 Å². The summed E-state index contributed by atoms with van der Waals surface area (Å²) in [6.45, 7) is 1.48. The molecule has 232 valence electrons. The monoisotopic (exact) mass is 632 g/mol. The van der Waals surface area contributed by atoms with Crippen LogP contribution in [0.1, 0.15) is 33.9 Å². The van der Waals surface area contributed by atoms with Gasteiger partial charge in [0.25, 0.3) is 5.91 Å². The second-order valence-corrected chi connectivity index (χ2v) is 14.4. The molecule has 7 N–H and O–H groups in total. The van der Waals surface area contributed by atoms with Gasteiger partial charge in [0, 0.05) is 5.75 Å². The van der Waals surface area contributed by atoms with Crippen molar-refractivity contribution < 1.29 is 47.9 Å². The number of rotatable bonds is 12. The van der Waals surface area contributed by atoms with Crippen molar-refractivity contribution >= 4 is 53.1 Å². The molecule has 0 aliphatic carbocycles. The first-order valence-electron chi connectivity index (χ1n) is 12.7. The molecule has 2 aliphatic heterocycles. The number of amides is 3. The van der Waals surface area contributed by atoms with E-state index in [0.29, 0.717) is 11.4 Å². The van der Waals surface area contributed by atoms with Crippen molar-refractivity contribution in [2.45, 2.75) is 69.9 Å². The van der Waals surface area contributed by atoms with Crippen molar-refractivity contribution in [3.8, 4) is 5.88 Å². The fourth-order valence-electron chi connectivity index (χ4n) is 4.25. The number of imidazole rings is 1. The van der Waals surface area contributed by atoms with Gasteiger partial charge in [0.2, 0.25) is 11.8 Å². The Morgan fingerprint density at radius 2 is 2.07 bits per heavy atom. The molecular formula is C22H33N8O10PS. The number of hydrogen-bond acceptors (Lipinski definition) is 15. The number of aliphatic hydroxyl groups excluding tert-OH is 1. The number of methoxy groups -OCH3 is 1. The summed E-state index contributed by atoms with van der Waals surface area (Å²) in [7, 11) is 1.38. The number of urea groups is 1. The highest BCUT2D eigenvalue weighted by Crippen LogP contribution is 2.57. The van der Waals surface area contributed by atoms with Crippen LogP contribution in [0.25, 0.3) is 11.2 Å². The Morgan fingerprint density at radius 1 is 1.36 bits per heavy atom. The Bertz CT molecular complexity index is 1410. The van der Waals surface area contributed by atoms with Crippen molar-refractivity contribution in [3.63, 3.8) is 0 Å². The zero-order chi connectivity index (χ0) is 31.0. The summed E-state index contributed by atoms with van der Waals surface area (Å²) in [5.74, 6) is -1.53. The molecule has 20 heteroatoms. The number of nitrogen functional groups attached to an aromatic ring is 1. The summed E-state index contributed by atoms with van der Waals surface area (Å²) in [6.07, 6.45) is -3.16. The minimum absolute atomic E-state index is 0.0932. The minimum Gasteiger partial charge on any atom is -0.479 e. The average molecular weight is 633 g/mol. The number of esters is 1. The van der Waals surface area contributed by atoms with Crippen LogP contribution >= 0.6 is 18.1 Å². The van der Waals surface area contributed by atoms with Gasteiger partial charge in [0.05, 0.1) is 26.1 Å². The quantitative estimate of drug-likeness (QED) is 0.0972. The SMILES string of the molecule is COc1nc(N)nc2c1ncn2[C@@H]1O[C@H](COP(=O)(N[C@@H](C)C(=O)OC(C)C)SC[C@@H]2NC(=O)NC2=O)[C@@H](O)[C@@]1(C)O. The predicted molar refractivity (Wildman–Crippen MR) is 147 cm³/mol. The number of anilines is 1. The van der Waals surface area contributed by atoms with Crippen LogP contribution in [0, 0.1) is 0 Å². The van der Waals surface area contributed by atoms with Gasteiger partial charge in [-0.3, -0.25) is 24.0 Å². The van der Waals surface area contributed by atoms with E-state index in [1.807, 2.05) is 0 Å². The molecule has 0 bridgehead atoms. The molecule has 2 aliphatic rings. The number of ether oxygens (including phenoxy) is 3. The van der Waals surface area contributed by atoms with E-state index in [2.05, 4.69) is 30.7 Å². The Labute approximate surface area is 243 Å². The number of nitrogens with zero attached hydrogens (tertiary/aromatic N) is 4. The second-order valence-electron chi connectivity index (χ2n) is 10.1. The maximum Gasteiger partial charge on any atom is 0.327 e. The van der Waals surface area contributed by atoms with Gasteiger partial charge in [0.15, 0.2) is 17.4 Å². The number of hydrogen-bond donors (Lipinski definition) is 6. The van der Waals surface area contributed by atoms with E-state index < -0.39 is 73.5 Å². The summed E-state index contributed by atoms with van der Waals surface area (Å²) < 4.78 is 37.2. The van der Waals surface area contributed by atoms with Gasteiger partial charge < -0.3 is 40.0 Å². The van der Waals surface area contributed by atoms with E-state index in [-0.39, 0.29) is 28.7 Å². The van der Waals surface area contributed by atoms with Crippen LogP contribution in [0.5, 0.6) is 5.88 Å². The van der Waals surface area contributed by atoms with Crippen molar-refractivity contribution in [2.75, 3.05) is 25.2 Å². The first-order valence-corrected chi connectivity index (χ1v) is 16.0. The Kier molecular flexibility index (Phi) is 9.31. The number of imide groups is 1. The van der Waals surface area contributed by atoms with Crippen LogP contribution in [0.3, 0.4) is 0 Å². The molecule has 0 spiro atoms. The van der Waals surface area contributed by atoms with Crippen LogP contribution in [0.4, 0.5) is 10.7 Å². The Morgan fingerprint density at radius 3 is 2.69 bits per heavy atom. The third-order valence-corrected chi connectivity index (χ3v) is 10.5. The van der Waals surface area contributed by atoms with Crippen LogP contribution in [0.2, 0.25) is 0 Å². The molecule has 2 saturated heterocycles. The van der Waals surface area contributed by atoms with Gasteiger partial charge in [-0.25, -0.2) is 14.9 Å². The molecule has 18 nitrogen and oxygen atoms in total. The molecule has 42 heavy (non-hydrogen) atoms. The van der Waals surface area contributed by atoms with Crippen molar-refractivity contribution in [1.29, 1.82) is 0 Å². The number of aromatic nitrogens is 4. The molecule has 2 fully saturated rings. The number of carbonyl (C=O) groups is 3. The highest BCUT2D eigenvalue weighted by atomic mass is 32.7.